The summed E-state index contributed by atoms with van der Waals surface area (Å²) in [6, 6.07) is 6.86. The quantitative estimate of drug-likeness (QED) is 0.811. The lowest BCUT2D eigenvalue weighted by Crippen LogP contribution is -2.38. The Morgan fingerprint density at radius 1 is 1.39 bits per heavy atom. The molecule has 0 bridgehead atoms. The molecule has 100 valence electrons. The van der Waals surface area contributed by atoms with Crippen LogP contribution >= 0.6 is 0 Å². The highest BCUT2D eigenvalue weighted by Gasteiger charge is 2.12. The van der Waals surface area contributed by atoms with Crippen LogP contribution < -0.4 is 5.32 Å². The number of rotatable bonds is 6. The second kappa shape index (κ2) is 7.01. The lowest BCUT2D eigenvalue weighted by atomic mass is 10.1. The number of phenolic OH excluding ortho intramolecular Hbond substituents is 1. The molecule has 0 fully saturated rings. The molecule has 1 atom stereocenters. The zero-order chi connectivity index (χ0) is 13.5. The van der Waals surface area contributed by atoms with Crippen LogP contribution in [0.15, 0.2) is 24.3 Å². The number of aromatic hydroxyl groups is 1. The van der Waals surface area contributed by atoms with Gasteiger partial charge in [-0.05, 0) is 37.7 Å². The van der Waals surface area contributed by atoms with Crippen LogP contribution in [-0.2, 0) is 4.79 Å². The van der Waals surface area contributed by atoms with Crippen molar-refractivity contribution in [1.29, 1.82) is 0 Å². The van der Waals surface area contributed by atoms with Gasteiger partial charge in [0.2, 0.25) is 5.91 Å². The van der Waals surface area contributed by atoms with Crippen molar-refractivity contribution in [3.8, 4) is 5.75 Å². The van der Waals surface area contributed by atoms with E-state index in [-0.39, 0.29) is 17.7 Å². The van der Waals surface area contributed by atoms with Gasteiger partial charge < -0.3 is 10.4 Å². The van der Waals surface area contributed by atoms with E-state index < -0.39 is 0 Å². The first kappa shape index (κ1) is 14.5. The third-order valence-corrected chi connectivity index (χ3v) is 3.01. The van der Waals surface area contributed by atoms with Crippen molar-refractivity contribution in [1.82, 2.24) is 10.2 Å². The van der Waals surface area contributed by atoms with Gasteiger partial charge in [-0.1, -0.05) is 26.0 Å². The van der Waals surface area contributed by atoms with Gasteiger partial charge in [0.25, 0.3) is 0 Å². The summed E-state index contributed by atoms with van der Waals surface area (Å²) in [6.07, 6.45) is 0. The molecule has 0 heterocycles. The van der Waals surface area contributed by atoms with Crippen LogP contribution in [0, 0.1) is 0 Å². The lowest BCUT2D eigenvalue weighted by molar-refractivity contribution is -0.122. The molecule has 0 saturated heterocycles. The number of nitrogens with one attached hydrogen (secondary N) is 1. The van der Waals surface area contributed by atoms with E-state index in [1.54, 1.807) is 18.2 Å². The number of carbonyl (C=O) groups is 1. The van der Waals surface area contributed by atoms with Crippen molar-refractivity contribution in [2.24, 2.45) is 0 Å². The fourth-order valence-corrected chi connectivity index (χ4v) is 1.81. The predicted molar refractivity (Wildman–Crippen MR) is 72.5 cm³/mol. The molecule has 18 heavy (non-hydrogen) atoms. The highest BCUT2D eigenvalue weighted by atomic mass is 16.3. The second-order valence-electron chi connectivity index (χ2n) is 4.35. The number of likely N-dealkylation sites (N-methyl/N-ethyl adjacent to an activating group) is 1. The number of phenols is 1. The Hall–Kier alpha value is -1.55. The van der Waals surface area contributed by atoms with Crippen molar-refractivity contribution < 1.29 is 9.90 Å². The van der Waals surface area contributed by atoms with Crippen LogP contribution in [0.5, 0.6) is 5.75 Å². The van der Waals surface area contributed by atoms with Crippen LogP contribution in [-0.4, -0.2) is 35.5 Å². The Kier molecular flexibility index (Phi) is 5.65. The number of amides is 1. The second-order valence-corrected chi connectivity index (χ2v) is 4.35. The molecule has 0 aliphatic carbocycles. The summed E-state index contributed by atoms with van der Waals surface area (Å²) in [4.78, 5) is 13.9. The van der Waals surface area contributed by atoms with Crippen LogP contribution in [0.2, 0.25) is 0 Å². The normalized spacial score (nSPS) is 12.4. The molecule has 1 aromatic carbocycles. The molecule has 2 N–H and O–H groups in total. The molecule has 4 heteroatoms. The fraction of sp³-hybridized carbons (Fsp3) is 0.500. The van der Waals surface area contributed by atoms with E-state index in [0.29, 0.717) is 6.54 Å². The van der Waals surface area contributed by atoms with E-state index in [0.717, 1.165) is 18.7 Å². The topological polar surface area (TPSA) is 52.6 Å². The largest absolute Gasteiger partial charge is 0.508 e. The monoisotopic (exact) mass is 250 g/mol. The highest BCUT2D eigenvalue weighted by Crippen LogP contribution is 2.17. The molecule has 0 radical (unpaired) electrons. The maximum absolute atomic E-state index is 11.8. The number of hydrogen-bond acceptors (Lipinski definition) is 3. The average molecular weight is 250 g/mol. The van der Waals surface area contributed by atoms with Gasteiger partial charge in [0.05, 0.1) is 12.6 Å². The van der Waals surface area contributed by atoms with Gasteiger partial charge in [-0.25, -0.2) is 0 Å². The summed E-state index contributed by atoms with van der Waals surface area (Å²) in [7, 11) is 0. The van der Waals surface area contributed by atoms with E-state index in [9.17, 15) is 9.90 Å². The first-order chi connectivity index (χ1) is 8.56. The smallest absolute Gasteiger partial charge is 0.234 e. The first-order valence-corrected chi connectivity index (χ1v) is 6.37. The van der Waals surface area contributed by atoms with Gasteiger partial charge in [0.1, 0.15) is 5.75 Å². The standard InChI is InChI=1S/C14H22N2O2/c1-4-16(5-2)10-14(18)15-11(3)12-7-6-8-13(17)9-12/h6-9,11,17H,4-5,10H2,1-3H3,(H,15,18)/t11-/m1/s1. The summed E-state index contributed by atoms with van der Waals surface area (Å²) >= 11 is 0. The van der Waals surface area contributed by atoms with Gasteiger partial charge in [0, 0.05) is 0 Å². The fourth-order valence-electron chi connectivity index (χ4n) is 1.81. The maximum Gasteiger partial charge on any atom is 0.234 e. The van der Waals surface area contributed by atoms with Crippen molar-refractivity contribution in [3.05, 3.63) is 29.8 Å². The molecular formula is C14H22N2O2. The summed E-state index contributed by atoms with van der Waals surface area (Å²) in [6.45, 7) is 8.13. The third-order valence-electron chi connectivity index (χ3n) is 3.01. The minimum Gasteiger partial charge on any atom is -0.508 e. The summed E-state index contributed by atoms with van der Waals surface area (Å²) in [5.41, 5.74) is 0.905. The van der Waals surface area contributed by atoms with E-state index >= 15 is 0 Å². The average Bonchev–Trinajstić information content (AvgIpc) is 2.35. The van der Waals surface area contributed by atoms with E-state index in [1.165, 1.54) is 0 Å². The van der Waals surface area contributed by atoms with Crippen molar-refractivity contribution >= 4 is 5.91 Å². The van der Waals surface area contributed by atoms with Crippen molar-refractivity contribution in [3.63, 3.8) is 0 Å². The van der Waals surface area contributed by atoms with Gasteiger partial charge in [-0.3, -0.25) is 9.69 Å². The van der Waals surface area contributed by atoms with Crippen LogP contribution in [0.4, 0.5) is 0 Å². The number of carbonyl (C=O) groups excluding carboxylic acids is 1. The Bertz CT molecular complexity index is 389. The molecule has 0 unspecified atom stereocenters. The summed E-state index contributed by atoms with van der Waals surface area (Å²) in [5, 5.41) is 12.3. The predicted octanol–water partition coefficient (Wildman–Crippen LogP) is 1.91. The lowest BCUT2D eigenvalue weighted by Gasteiger charge is -2.20. The molecular weight excluding hydrogens is 228 g/mol. The molecule has 0 saturated carbocycles. The zero-order valence-corrected chi connectivity index (χ0v) is 11.3. The van der Waals surface area contributed by atoms with Gasteiger partial charge in [-0.15, -0.1) is 0 Å². The van der Waals surface area contributed by atoms with Crippen molar-refractivity contribution in [2.45, 2.75) is 26.8 Å². The third kappa shape index (κ3) is 4.37. The van der Waals surface area contributed by atoms with Gasteiger partial charge >= 0.3 is 0 Å². The molecule has 0 aliphatic rings. The zero-order valence-electron chi connectivity index (χ0n) is 11.3. The van der Waals surface area contributed by atoms with Crippen molar-refractivity contribution in [2.75, 3.05) is 19.6 Å². The van der Waals surface area contributed by atoms with Crippen LogP contribution in [0.25, 0.3) is 0 Å². The molecule has 4 nitrogen and oxygen atoms in total. The Balaban J connectivity index is 2.54. The van der Waals surface area contributed by atoms with Crippen LogP contribution in [0.3, 0.4) is 0 Å². The molecule has 0 spiro atoms. The Labute approximate surface area is 109 Å². The Morgan fingerprint density at radius 2 is 2.06 bits per heavy atom. The van der Waals surface area contributed by atoms with E-state index in [4.69, 9.17) is 0 Å². The van der Waals surface area contributed by atoms with E-state index in [1.807, 2.05) is 26.8 Å². The molecule has 1 rings (SSSR count). The minimum atomic E-state index is -0.0971. The first-order valence-electron chi connectivity index (χ1n) is 6.37. The molecule has 1 amide bonds. The SMILES string of the molecule is CCN(CC)CC(=O)N[C@H](C)c1cccc(O)c1. The number of benzene rings is 1. The summed E-state index contributed by atoms with van der Waals surface area (Å²) < 4.78 is 0. The maximum atomic E-state index is 11.8. The summed E-state index contributed by atoms with van der Waals surface area (Å²) in [5.74, 6) is 0.229. The molecule has 0 aliphatic heterocycles. The van der Waals surface area contributed by atoms with E-state index in [2.05, 4.69) is 10.2 Å². The minimum absolute atomic E-state index is 0.00884. The molecule has 1 aromatic rings. The number of nitrogens with zero attached hydrogens (tertiary/aromatic N) is 1. The Morgan fingerprint density at radius 3 is 2.61 bits per heavy atom. The number of hydrogen-bond donors (Lipinski definition) is 2. The van der Waals surface area contributed by atoms with Crippen LogP contribution in [0.1, 0.15) is 32.4 Å². The van der Waals surface area contributed by atoms with Gasteiger partial charge in [0.15, 0.2) is 0 Å². The highest BCUT2D eigenvalue weighted by molar-refractivity contribution is 5.78. The molecule has 0 aromatic heterocycles. The van der Waals surface area contributed by atoms with Gasteiger partial charge in [-0.2, -0.15) is 0 Å².